The lowest BCUT2D eigenvalue weighted by atomic mass is 10.1. The quantitative estimate of drug-likeness (QED) is 0.561. The Morgan fingerprint density at radius 1 is 1.11 bits per heavy atom. The molecule has 0 saturated carbocycles. The highest BCUT2D eigenvalue weighted by molar-refractivity contribution is 7.99. The van der Waals surface area contributed by atoms with Crippen LogP contribution in [0.3, 0.4) is 0 Å². The van der Waals surface area contributed by atoms with Gasteiger partial charge in [-0.2, -0.15) is 0 Å². The topological polar surface area (TPSA) is 59.8 Å². The van der Waals surface area contributed by atoms with Crippen molar-refractivity contribution in [3.63, 3.8) is 0 Å². The molecule has 0 aliphatic rings. The van der Waals surface area contributed by atoms with E-state index in [2.05, 4.69) is 27.6 Å². The predicted octanol–water partition coefficient (Wildman–Crippen LogP) is 3.48. The second-order valence-electron chi connectivity index (χ2n) is 6.29. The van der Waals surface area contributed by atoms with Gasteiger partial charge >= 0.3 is 0 Å². The first kappa shape index (κ1) is 20.1. The molecule has 3 aromatic rings. The zero-order valence-electron chi connectivity index (χ0n) is 15.8. The van der Waals surface area contributed by atoms with Crippen molar-refractivity contribution in [2.24, 2.45) is 0 Å². The number of thioether (sulfide) groups is 1. The van der Waals surface area contributed by atoms with Crippen LogP contribution in [0.2, 0.25) is 0 Å². The molecule has 0 unspecified atom stereocenters. The normalized spacial score (nSPS) is 10.8. The predicted molar refractivity (Wildman–Crippen MR) is 109 cm³/mol. The Kier molecular flexibility index (Phi) is 7.19. The third kappa shape index (κ3) is 5.42. The van der Waals surface area contributed by atoms with Gasteiger partial charge in [-0.25, -0.2) is 4.39 Å². The van der Waals surface area contributed by atoms with Crippen LogP contribution in [0.15, 0.2) is 59.8 Å². The molecule has 0 atom stereocenters. The molecule has 5 nitrogen and oxygen atoms in total. The maximum Gasteiger partial charge on any atom is 0.230 e. The van der Waals surface area contributed by atoms with E-state index in [4.69, 9.17) is 0 Å². The molecular formula is C21H23FN4OS. The minimum atomic E-state index is -0.242. The fraction of sp³-hybridized carbons (Fsp3) is 0.286. The second kappa shape index (κ2) is 10.0. The van der Waals surface area contributed by atoms with Crippen molar-refractivity contribution in [3.05, 3.63) is 77.4 Å². The molecule has 2 aromatic carbocycles. The second-order valence-corrected chi connectivity index (χ2v) is 7.23. The average Bonchev–Trinajstić information content (AvgIpc) is 3.10. The number of halogens is 1. The molecule has 0 saturated heterocycles. The molecule has 0 aliphatic carbocycles. The van der Waals surface area contributed by atoms with Gasteiger partial charge in [0, 0.05) is 19.5 Å². The van der Waals surface area contributed by atoms with Crippen LogP contribution in [-0.4, -0.2) is 33.0 Å². The molecule has 0 fully saturated rings. The molecule has 1 aromatic heterocycles. The van der Waals surface area contributed by atoms with Crippen LogP contribution in [0.1, 0.15) is 23.9 Å². The monoisotopic (exact) mass is 398 g/mol. The van der Waals surface area contributed by atoms with Crippen LogP contribution >= 0.6 is 11.8 Å². The van der Waals surface area contributed by atoms with Crippen molar-refractivity contribution in [1.29, 1.82) is 0 Å². The van der Waals surface area contributed by atoms with Gasteiger partial charge in [0.15, 0.2) is 5.16 Å². The van der Waals surface area contributed by atoms with Crippen molar-refractivity contribution in [2.75, 3.05) is 12.3 Å². The summed E-state index contributed by atoms with van der Waals surface area (Å²) in [5.41, 5.74) is 1.78. The summed E-state index contributed by atoms with van der Waals surface area (Å²) in [5, 5.41) is 12.1. The van der Waals surface area contributed by atoms with E-state index >= 15 is 0 Å². The first-order valence-corrected chi connectivity index (χ1v) is 10.2. The van der Waals surface area contributed by atoms with Crippen LogP contribution in [0.25, 0.3) is 0 Å². The fourth-order valence-corrected chi connectivity index (χ4v) is 3.72. The summed E-state index contributed by atoms with van der Waals surface area (Å²) >= 11 is 1.36. The molecule has 3 rings (SSSR count). The Morgan fingerprint density at radius 2 is 1.86 bits per heavy atom. The molecular weight excluding hydrogens is 375 g/mol. The molecule has 0 aliphatic heterocycles. The maximum atomic E-state index is 13.6. The van der Waals surface area contributed by atoms with Crippen LogP contribution < -0.4 is 5.32 Å². The summed E-state index contributed by atoms with van der Waals surface area (Å²) in [5.74, 6) is 0.793. The van der Waals surface area contributed by atoms with E-state index < -0.39 is 0 Å². The minimum absolute atomic E-state index is 0.100. The Morgan fingerprint density at radius 3 is 2.61 bits per heavy atom. The summed E-state index contributed by atoms with van der Waals surface area (Å²) in [6.07, 6.45) is 1.17. The largest absolute Gasteiger partial charge is 0.355 e. The summed E-state index contributed by atoms with van der Waals surface area (Å²) in [7, 11) is 0. The first-order valence-electron chi connectivity index (χ1n) is 9.26. The van der Waals surface area contributed by atoms with Crippen molar-refractivity contribution in [3.8, 4) is 0 Å². The molecule has 1 N–H and O–H groups in total. The van der Waals surface area contributed by atoms with Gasteiger partial charge in [-0.05, 0) is 30.5 Å². The van der Waals surface area contributed by atoms with Gasteiger partial charge in [0.1, 0.15) is 11.6 Å². The summed E-state index contributed by atoms with van der Waals surface area (Å²) in [6, 6.07) is 16.7. The number of nitrogens with zero attached hydrogens (tertiary/aromatic N) is 3. The van der Waals surface area contributed by atoms with Crippen molar-refractivity contribution < 1.29 is 9.18 Å². The van der Waals surface area contributed by atoms with Crippen LogP contribution in [0, 0.1) is 5.82 Å². The van der Waals surface area contributed by atoms with E-state index in [9.17, 15) is 9.18 Å². The minimum Gasteiger partial charge on any atom is -0.355 e. The van der Waals surface area contributed by atoms with E-state index in [1.54, 1.807) is 18.2 Å². The number of carbonyl (C=O) groups is 1. The highest BCUT2D eigenvalue weighted by Crippen LogP contribution is 2.18. The van der Waals surface area contributed by atoms with Gasteiger partial charge in [0.05, 0.1) is 5.75 Å². The molecule has 7 heteroatoms. The van der Waals surface area contributed by atoms with Crippen molar-refractivity contribution >= 4 is 17.7 Å². The average molecular weight is 399 g/mol. The smallest absolute Gasteiger partial charge is 0.230 e. The number of hydrogen-bond acceptors (Lipinski definition) is 4. The summed E-state index contributed by atoms with van der Waals surface area (Å²) < 4.78 is 15.6. The van der Waals surface area contributed by atoms with E-state index in [0.29, 0.717) is 24.9 Å². The SMILES string of the molecule is CCn1c(Cc2ccccc2)nnc1SCC(=O)NCCc1ccccc1F. The lowest BCUT2D eigenvalue weighted by molar-refractivity contribution is -0.118. The summed E-state index contributed by atoms with van der Waals surface area (Å²) in [6.45, 7) is 3.18. The zero-order valence-corrected chi connectivity index (χ0v) is 16.6. The number of rotatable bonds is 9. The molecule has 0 spiro atoms. The van der Waals surface area contributed by atoms with E-state index in [-0.39, 0.29) is 17.5 Å². The number of benzene rings is 2. The van der Waals surface area contributed by atoms with Gasteiger partial charge in [-0.1, -0.05) is 60.3 Å². The maximum absolute atomic E-state index is 13.6. The fourth-order valence-electron chi connectivity index (χ4n) is 2.87. The van der Waals surface area contributed by atoms with Gasteiger partial charge in [0.25, 0.3) is 0 Å². The van der Waals surface area contributed by atoms with Gasteiger partial charge in [-0.15, -0.1) is 10.2 Å². The third-order valence-corrected chi connectivity index (χ3v) is 5.29. The molecule has 1 heterocycles. The first-order chi connectivity index (χ1) is 13.7. The highest BCUT2D eigenvalue weighted by atomic mass is 32.2. The van der Waals surface area contributed by atoms with Crippen LogP contribution in [0.4, 0.5) is 4.39 Å². The lowest BCUT2D eigenvalue weighted by Gasteiger charge is -2.08. The number of hydrogen-bond donors (Lipinski definition) is 1. The zero-order chi connectivity index (χ0) is 19.8. The molecule has 0 bridgehead atoms. The Hall–Kier alpha value is -2.67. The Balaban J connectivity index is 1.50. The number of carbonyl (C=O) groups excluding carboxylic acids is 1. The van der Waals surface area contributed by atoms with Gasteiger partial charge in [0.2, 0.25) is 5.91 Å². The van der Waals surface area contributed by atoms with E-state index in [0.717, 1.165) is 17.5 Å². The number of aromatic nitrogens is 3. The Labute approximate surface area is 168 Å². The Bertz CT molecular complexity index is 914. The van der Waals surface area contributed by atoms with Crippen molar-refractivity contribution in [2.45, 2.75) is 31.5 Å². The van der Waals surface area contributed by atoms with Crippen molar-refractivity contribution in [1.82, 2.24) is 20.1 Å². The van der Waals surface area contributed by atoms with Gasteiger partial charge < -0.3 is 9.88 Å². The lowest BCUT2D eigenvalue weighted by Crippen LogP contribution is -2.27. The van der Waals surface area contributed by atoms with Crippen LogP contribution in [-0.2, 0) is 24.2 Å². The standard InChI is InChI=1S/C21H23FN4OS/c1-2-26-19(14-16-8-4-3-5-9-16)24-25-21(26)28-15-20(27)23-13-12-17-10-6-7-11-18(17)22/h3-11H,2,12-15H2,1H3,(H,23,27). The summed E-state index contributed by atoms with van der Waals surface area (Å²) in [4.78, 5) is 12.1. The molecule has 28 heavy (non-hydrogen) atoms. The molecule has 146 valence electrons. The van der Waals surface area contributed by atoms with Crippen LogP contribution in [0.5, 0.6) is 0 Å². The molecule has 1 amide bonds. The highest BCUT2D eigenvalue weighted by Gasteiger charge is 2.13. The van der Waals surface area contributed by atoms with Gasteiger partial charge in [-0.3, -0.25) is 4.79 Å². The van der Waals surface area contributed by atoms with E-state index in [1.807, 2.05) is 29.7 Å². The molecule has 0 radical (unpaired) electrons. The third-order valence-electron chi connectivity index (χ3n) is 4.32. The number of amides is 1. The number of nitrogens with one attached hydrogen (secondary N) is 1. The van der Waals surface area contributed by atoms with E-state index in [1.165, 1.54) is 23.4 Å².